The molecule has 0 aliphatic carbocycles. The summed E-state index contributed by atoms with van der Waals surface area (Å²) in [7, 11) is 0. The van der Waals surface area contributed by atoms with Crippen molar-refractivity contribution in [2.45, 2.75) is 70.6 Å². The lowest BCUT2D eigenvalue weighted by molar-refractivity contribution is -0.154. The number of hydrogen-bond donors (Lipinski definition) is 2. The molecule has 5 heteroatoms. The second-order valence-electron chi connectivity index (χ2n) is 5.24. The summed E-state index contributed by atoms with van der Waals surface area (Å²) in [5.41, 5.74) is 0. The van der Waals surface area contributed by atoms with Crippen molar-refractivity contribution in [1.29, 1.82) is 0 Å². The third-order valence-corrected chi connectivity index (χ3v) is 3.47. The van der Waals surface area contributed by atoms with Gasteiger partial charge in [-0.3, -0.25) is 14.0 Å². The van der Waals surface area contributed by atoms with E-state index in [9.17, 15) is 14.0 Å². The lowest BCUT2D eigenvalue weighted by atomic mass is 10.00. The summed E-state index contributed by atoms with van der Waals surface area (Å²) < 4.78 is 11.8. The van der Waals surface area contributed by atoms with Crippen molar-refractivity contribution in [2.75, 3.05) is 6.67 Å². The maximum atomic E-state index is 11.8. The highest BCUT2D eigenvalue weighted by Crippen LogP contribution is 2.14. The third-order valence-electron chi connectivity index (χ3n) is 3.47. The van der Waals surface area contributed by atoms with Crippen LogP contribution in [0.1, 0.15) is 70.6 Å². The smallest absolute Gasteiger partial charge is 0.317 e. The molecule has 0 saturated carbocycles. The maximum absolute atomic E-state index is 11.8. The van der Waals surface area contributed by atoms with Gasteiger partial charge in [-0.1, -0.05) is 57.8 Å². The first-order valence-electron chi connectivity index (χ1n) is 7.61. The van der Waals surface area contributed by atoms with E-state index in [1.54, 1.807) is 0 Å². The van der Waals surface area contributed by atoms with Gasteiger partial charge in [-0.2, -0.15) is 0 Å². The quantitative estimate of drug-likeness (QED) is 0.374. The van der Waals surface area contributed by atoms with E-state index in [4.69, 9.17) is 10.2 Å². The van der Waals surface area contributed by atoms with Gasteiger partial charge in [0.25, 0.3) is 0 Å². The molecule has 0 unspecified atom stereocenters. The average Bonchev–Trinajstić information content (AvgIpc) is 2.39. The Morgan fingerprint density at radius 3 is 1.40 bits per heavy atom. The van der Waals surface area contributed by atoms with Crippen molar-refractivity contribution < 1.29 is 24.2 Å². The number of carbonyl (C=O) groups is 2. The third kappa shape index (κ3) is 10.8. The van der Waals surface area contributed by atoms with Crippen molar-refractivity contribution in [1.82, 2.24) is 0 Å². The topological polar surface area (TPSA) is 74.6 Å². The van der Waals surface area contributed by atoms with E-state index in [2.05, 4.69) is 0 Å². The molecule has 0 aliphatic rings. The Labute approximate surface area is 120 Å². The molecule has 0 aromatic rings. The van der Waals surface area contributed by atoms with Crippen molar-refractivity contribution in [3.63, 3.8) is 0 Å². The maximum Gasteiger partial charge on any atom is 0.317 e. The van der Waals surface area contributed by atoms with E-state index in [-0.39, 0.29) is 13.1 Å². The molecule has 4 nitrogen and oxygen atoms in total. The fourth-order valence-electron chi connectivity index (χ4n) is 2.21. The Bertz CT molecular complexity index is 255. The highest BCUT2D eigenvalue weighted by molar-refractivity contribution is 5.92. The molecular weight excluding hydrogens is 263 g/mol. The monoisotopic (exact) mass is 290 g/mol. The fourth-order valence-corrected chi connectivity index (χ4v) is 2.21. The summed E-state index contributed by atoms with van der Waals surface area (Å²) >= 11 is 0. The van der Waals surface area contributed by atoms with Crippen molar-refractivity contribution >= 4 is 11.9 Å². The van der Waals surface area contributed by atoms with Gasteiger partial charge < -0.3 is 10.2 Å². The Balaban J connectivity index is 3.32. The molecule has 0 saturated heterocycles. The summed E-state index contributed by atoms with van der Waals surface area (Å²) in [6.07, 6.45) is 10.1. The summed E-state index contributed by atoms with van der Waals surface area (Å²) in [6, 6.07) is 0. The Morgan fingerprint density at radius 2 is 1.05 bits per heavy atom. The number of aliphatic carboxylic acids is 2. The van der Waals surface area contributed by atoms with Crippen LogP contribution in [-0.4, -0.2) is 28.8 Å². The minimum Gasteiger partial charge on any atom is -0.481 e. The SMILES string of the molecule is O=C(O)C(CCCCCCCCCCCCF)C(=O)O. The lowest BCUT2D eigenvalue weighted by Crippen LogP contribution is -2.23. The molecule has 2 N–H and O–H groups in total. The highest BCUT2D eigenvalue weighted by Gasteiger charge is 2.24. The van der Waals surface area contributed by atoms with Gasteiger partial charge in [0.1, 0.15) is 0 Å². The first kappa shape index (κ1) is 18.9. The van der Waals surface area contributed by atoms with Gasteiger partial charge in [0, 0.05) is 0 Å². The zero-order valence-electron chi connectivity index (χ0n) is 12.2. The highest BCUT2D eigenvalue weighted by atomic mass is 19.1. The predicted octanol–water partition coefficient (Wildman–Crippen LogP) is 4.03. The van der Waals surface area contributed by atoms with Crippen LogP contribution in [0, 0.1) is 5.92 Å². The molecule has 118 valence electrons. The van der Waals surface area contributed by atoms with E-state index in [0.29, 0.717) is 12.8 Å². The van der Waals surface area contributed by atoms with Crippen LogP contribution < -0.4 is 0 Å². The average molecular weight is 290 g/mol. The number of hydrogen-bond acceptors (Lipinski definition) is 2. The number of rotatable bonds is 14. The number of alkyl halides is 1. The van der Waals surface area contributed by atoms with Crippen LogP contribution in [0.4, 0.5) is 4.39 Å². The molecule has 0 heterocycles. The van der Waals surface area contributed by atoms with Gasteiger partial charge in [0.05, 0.1) is 6.67 Å². The van der Waals surface area contributed by atoms with Crippen molar-refractivity contribution in [3.8, 4) is 0 Å². The molecule has 0 amide bonds. The fraction of sp³-hybridized carbons (Fsp3) is 0.867. The minimum atomic E-state index is -1.26. The van der Waals surface area contributed by atoms with Gasteiger partial charge in [-0.25, -0.2) is 0 Å². The number of halogens is 1. The van der Waals surface area contributed by atoms with Crippen LogP contribution in [-0.2, 0) is 9.59 Å². The molecule has 0 aliphatic heterocycles. The molecule has 0 aromatic carbocycles. The molecular formula is C15H27FO4. The van der Waals surface area contributed by atoms with E-state index in [0.717, 1.165) is 44.9 Å². The number of carboxylic acid groups (broad SMARTS) is 2. The van der Waals surface area contributed by atoms with E-state index < -0.39 is 17.9 Å². The van der Waals surface area contributed by atoms with E-state index in [1.807, 2.05) is 0 Å². The zero-order chi connectivity index (χ0) is 15.2. The van der Waals surface area contributed by atoms with Crippen LogP contribution in [0.15, 0.2) is 0 Å². The summed E-state index contributed by atoms with van der Waals surface area (Å²) in [4.78, 5) is 21.3. The Hall–Kier alpha value is -1.13. The van der Waals surface area contributed by atoms with Gasteiger partial charge in [-0.15, -0.1) is 0 Å². The minimum absolute atomic E-state index is 0.215. The summed E-state index contributed by atoms with van der Waals surface area (Å²) in [5.74, 6) is -3.75. The van der Waals surface area contributed by atoms with Crippen LogP contribution in [0.2, 0.25) is 0 Å². The van der Waals surface area contributed by atoms with Gasteiger partial charge >= 0.3 is 11.9 Å². The Morgan fingerprint density at radius 1 is 0.700 bits per heavy atom. The molecule has 0 aromatic heterocycles. The molecule has 20 heavy (non-hydrogen) atoms. The normalized spacial score (nSPS) is 10.9. The molecule has 0 fully saturated rings. The summed E-state index contributed by atoms with van der Waals surface area (Å²) in [6.45, 7) is -0.215. The molecule has 0 rings (SSSR count). The van der Waals surface area contributed by atoms with Gasteiger partial charge in [0.15, 0.2) is 5.92 Å². The zero-order valence-corrected chi connectivity index (χ0v) is 12.2. The first-order chi connectivity index (χ1) is 9.59. The molecule has 0 bridgehead atoms. The van der Waals surface area contributed by atoms with Crippen LogP contribution >= 0.6 is 0 Å². The van der Waals surface area contributed by atoms with Crippen LogP contribution in [0.5, 0.6) is 0 Å². The second-order valence-corrected chi connectivity index (χ2v) is 5.24. The Kier molecular flexibility index (Phi) is 12.2. The predicted molar refractivity (Wildman–Crippen MR) is 75.5 cm³/mol. The van der Waals surface area contributed by atoms with E-state index >= 15 is 0 Å². The first-order valence-corrected chi connectivity index (χ1v) is 7.61. The molecule has 0 atom stereocenters. The lowest BCUT2D eigenvalue weighted by Gasteiger charge is -2.06. The van der Waals surface area contributed by atoms with Crippen LogP contribution in [0.25, 0.3) is 0 Å². The second kappa shape index (κ2) is 12.9. The van der Waals surface area contributed by atoms with E-state index in [1.165, 1.54) is 6.42 Å². The number of unbranched alkanes of at least 4 members (excludes halogenated alkanes) is 9. The van der Waals surface area contributed by atoms with Crippen molar-refractivity contribution in [3.05, 3.63) is 0 Å². The number of carboxylic acids is 2. The largest absolute Gasteiger partial charge is 0.481 e. The molecule has 0 spiro atoms. The standard InChI is InChI=1S/C15H27FO4/c16-12-10-8-6-4-2-1-3-5-7-9-11-13(14(17)18)15(19)20/h13H,1-12H2,(H,17,18)(H,19,20). The van der Waals surface area contributed by atoms with Gasteiger partial charge in [0.2, 0.25) is 0 Å². The van der Waals surface area contributed by atoms with Gasteiger partial charge in [-0.05, 0) is 12.8 Å². The summed E-state index contributed by atoms with van der Waals surface area (Å²) in [5, 5.41) is 17.4. The molecule has 0 radical (unpaired) electrons. The van der Waals surface area contributed by atoms with Crippen molar-refractivity contribution in [2.24, 2.45) is 5.92 Å². The van der Waals surface area contributed by atoms with Crippen LogP contribution in [0.3, 0.4) is 0 Å².